The molecule has 0 bridgehead atoms. The molecule has 0 saturated carbocycles. The van der Waals surface area contributed by atoms with E-state index in [4.69, 9.17) is 5.21 Å². The Kier molecular flexibility index (Phi) is 3.99. The van der Waals surface area contributed by atoms with Crippen molar-refractivity contribution in [3.8, 4) is 0 Å². The summed E-state index contributed by atoms with van der Waals surface area (Å²) in [5.74, 6) is -0.00264. The van der Waals surface area contributed by atoms with Gasteiger partial charge in [0.2, 0.25) is 5.56 Å². The molecule has 0 aliphatic carbocycles. The van der Waals surface area contributed by atoms with Crippen LogP contribution in [-0.4, -0.2) is 39.8 Å². The van der Waals surface area contributed by atoms with Gasteiger partial charge in [0.25, 0.3) is 5.91 Å². The number of nitrogens with one attached hydrogen (secondary N) is 1. The number of carbonyl (C=O) groups excluding carboxylic acids is 1. The molecule has 0 aromatic carbocycles. The van der Waals surface area contributed by atoms with Crippen molar-refractivity contribution in [3.05, 3.63) is 34.2 Å². The molecule has 2 heterocycles. The molecule has 1 unspecified atom stereocenters. The maximum atomic E-state index is 12.3. The number of hydrogen-bond donors (Lipinski definition) is 2. The van der Waals surface area contributed by atoms with Crippen LogP contribution in [0, 0.1) is 5.92 Å². The number of piperidine rings is 1. The van der Waals surface area contributed by atoms with Gasteiger partial charge in [0.15, 0.2) is 0 Å². The molecule has 1 aliphatic rings. The number of oxime groups is 1. The third-order valence-corrected chi connectivity index (χ3v) is 3.49. The first kappa shape index (κ1) is 13.3. The van der Waals surface area contributed by atoms with Gasteiger partial charge in [-0.2, -0.15) is 0 Å². The highest BCUT2D eigenvalue weighted by atomic mass is 16.4. The maximum absolute atomic E-state index is 12.3. The minimum atomic E-state index is -0.226. The lowest BCUT2D eigenvalue weighted by Gasteiger charge is -2.32. The largest absolute Gasteiger partial charge is 0.411 e. The Labute approximate surface area is 110 Å². The number of aromatic nitrogens is 1. The number of carbonyl (C=O) groups is 1. The van der Waals surface area contributed by atoms with Gasteiger partial charge in [0.1, 0.15) is 0 Å². The number of aromatic amines is 1. The summed E-state index contributed by atoms with van der Waals surface area (Å²) in [7, 11) is 0. The van der Waals surface area contributed by atoms with Crippen LogP contribution < -0.4 is 5.56 Å². The Morgan fingerprint density at radius 1 is 1.58 bits per heavy atom. The minimum absolute atomic E-state index is 0.102. The van der Waals surface area contributed by atoms with Gasteiger partial charge in [-0.25, -0.2) is 0 Å². The Morgan fingerprint density at radius 3 is 2.95 bits per heavy atom. The molecule has 2 rings (SSSR count). The molecule has 1 aromatic heterocycles. The molecule has 1 amide bonds. The van der Waals surface area contributed by atoms with Crippen LogP contribution in [0.5, 0.6) is 0 Å². The van der Waals surface area contributed by atoms with Crippen molar-refractivity contribution in [2.24, 2.45) is 11.1 Å². The number of hydrogen-bond acceptors (Lipinski definition) is 4. The predicted octanol–water partition coefficient (Wildman–Crippen LogP) is 1.08. The highest BCUT2D eigenvalue weighted by Gasteiger charge is 2.28. The van der Waals surface area contributed by atoms with Crippen molar-refractivity contribution < 1.29 is 10.0 Å². The molecule has 2 N–H and O–H groups in total. The van der Waals surface area contributed by atoms with Gasteiger partial charge in [0.05, 0.1) is 11.3 Å². The Morgan fingerprint density at radius 2 is 2.37 bits per heavy atom. The van der Waals surface area contributed by atoms with E-state index in [1.807, 2.05) is 6.92 Å². The van der Waals surface area contributed by atoms with E-state index >= 15 is 0 Å². The van der Waals surface area contributed by atoms with E-state index in [9.17, 15) is 9.59 Å². The maximum Gasteiger partial charge on any atom is 0.255 e. The summed E-state index contributed by atoms with van der Waals surface area (Å²) < 4.78 is 0. The molecular formula is C13H17N3O3. The standard InChI is InChI=1S/C13H17N3O3/c1-2-9-8-16(6-5-11(9)15-19)13(18)10-3-4-12(17)14-7-10/h3-4,7,9,19H,2,5-6,8H2,1H3,(H,14,17)/b15-11+. The van der Waals surface area contributed by atoms with Crippen LogP contribution in [0.3, 0.4) is 0 Å². The summed E-state index contributed by atoms with van der Waals surface area (Å²) in [6.07, 6.45) is 2.85. The SMILES string of the molecule is CCC1CN(C(=O)c2ccc(=O)[nH]c2)CC/C1=N\O. The van der Waals surface area contributed by atoms with Gasteiger partial charge in [-0.3, -0.25) is 9.59 Å². The number of nitrogens with zero attached hydrogens (tertiary/aromatic N) is 2. The third-order valence-electron chi connectivity index (χ3n) is 3.49. The van der Waals surface area contributed by atoms with E-state index in [1.54, 1.807) is 4.90 Å². The summed E-state index contributed by atoms with van der Waals surface area (Å²) >= 11 is 0. The molecule has 0 spiro atoms. The molecule has 1 atom stereocenters. The smallest absolute Gasteiger partial charge is 0.255 e. The first-order valence-corrected chi connectivity index (χ1v) is 6.34. The highest BCUT2D eigenvalue weighted by molar-refractivity contribution is 5.96. The van der Waals surface area contributed by atoms with E-state index < -0.39 is 0 Å². The highest BCUT2D eigenvalue weighted by Crippen LogP contribution is 2.19. The third kappa shape index (κ3) is 2.83. The van der Waals surface area contributed by atoms with E-state index in [2.05, 4.69) is 10.1 Å². The van der Waals surface area contributed by atoms with Crippen molar-refractivity contribution in [3.63, 3.8) is 0 Å². The number of H-pyrrole nitrogens is 1. The summed E-state index contributed by atoms with van der Waals surface area (Å²) in [5.41, 5.74) is 1.00. The average Bonchev–Trinajstić information content (AvgIpc) is 2.46. The number of amides is 1. The van der Waals surface area contributed by atoms with Gasteiger partial charge in [-0.1, -0.05) is 12.1 Å². The number of likely N-dealkylation sites (tertiary alicyclic amines) is 1. The monoisotopic (exact) mass is 263 g/mol. The van der Waals surface area contributed by atoms with E-state index in [0.717, 1.165) is 12.1 Å². The number of pyridine rings is 1. The molecule has 1 aromatic rings. The topological polar surface area (TPSA) is 85.8 Å². The molecule has 102 valence electrons. The predicted molar refractivity (Wildman–Crippen MR) is 70.6 cm³/mol. The van der Waals surface area contributed by atoms with Crippen LogP contribution in [0.15, 0.2) is 28.3 Å². The van der Waals surface area contributed by atoms with Crippen LogP contribution >= 0.6 is 0 Å². The Balaban J connectivity index is 2.12. The van der Waals surface area contributed by atoms with E-state index in [0.29, 0.717) is 25.1 Å². The first-order valence-electron chi connectivity index (χ1n) is 6.34. The second kappa shape index (κ2) is 5.69. The van der Waals surface area contributed by atoms with E-state index in [-0.39, 0.29) is 17.4 Å². The van der Waals surface area contributed by atoms with Crippen molar-refractivity contribution in [1.29, 1.82) is 0 Å². The lowest BCUT2D eigenvalue weighted by Crippen LogP contribution is -2.44. The molecule has 1 fully saturated rings. The van der Waals surface area contributed by atoms with Crippen LogP contribution in [0.25, 0.3) is 0 Å². The van der Waals surface area contributed by atoms with Gasteiger partial charge in [0, 0.05) is 37.7 Å². The number of rotatable bonds is 2. The van der Waals surface area contributed by atoms with Crippen molar-refractivity contribution >= 4 is 11.6 Å². The van der Waals surface area contributed by atoms with Crippen LogP contribution in [0.2, 0.25) is 0 Å². The Hall–Kier alpha value is -2.11. The summed E-state index contributed by atoms with van der Waals surface area (Å²) in [6.45, 7) is 3.09. The fraction of sp³-hybridized carbons (Fsp3) is 0.462. The Bertz CT molecular complexity index is 530. The molecule has 6 heteroatoms. The normalized spacial score (nSPS) is 21.6. The second-order valence-corrected chi connectivity index (χ2v) is 4.64. The van der Waals surface area contributed by atoms with Crippen molar-refractivity contribution in [2.75, 3.05) is 13.1 Å². The molecule has 1 saturated heterocycles. The molecule has 6 nitrogen and oxygen atoms in total. The average molecular weight is 263 g/mol. The fourth-order valence-electron chi connectivity index (χ4n) is 2.32. The zero-order valence-corrected chi connectivity index (χ0v) is 10.8. The van der Waals surface area contributed by atoms with Gasteiger partial charge in [-0.15, -0.1) is 0 Å². The van der Waals surface area contributed by atoms with Crippen LogP contribution in [0.1, 0.15) is 30.1 Å². The fourth-order valence-corrected chi connectivity index (χ4v) is 2.32. The molecule has 19 heavy (non-hydrogen) atoms. The zero-order chi connectivity index (χ0) is 13.8. The molecule has 1 aliphatic heterocycles. The lowest BCUT2D eigenvalue weighted by atomic mass is 9.93. The quantitative estimate of drug-likeness (QED) is 0.618. The first-order chi connectivity index (χ1) is 9.15. The van der Waals surface area contributed by atoms with E-state index in [1.165, 1.54) is 18.3 Å². The zero-order valence-electron chi connectivity index (χ0n) is 10.8. The lowest BCUT2D eigenvalue weighted by molar-refractivity contribution is 0.0728. The molecule has 0 radical (unpaired) electrons. The summed E-state index contributed by atoms with van der Waals surface area (Å²) in [6, 6.07) is 2.87. The summed E-state index contributed by atoms with van der Waals surface area (Å²) in [4.78, 5) is 27.5. The van der Waals surface area contributed by atoms with Crippen LogP contribution in [0.4, 0.5) is 0 Å². The minimum Gasteiger partial charge on any atom is -0.411 e. The second-order valence-electron chi connectivity index (χ2n) is 4.64. The van der Waals surface area contributed by atoms with Gasteiger partial charge < -0.3 is 15.1 Å². The molecular weight excluding hydrogens is 246 g/mol. The van der Waals surface area contributed by atoms with Gasteiger partial charge in [-0.05, 0) is 12.5 Å². The van der Waals surface area contributed by atoms with Crippen molar-refractivity contribution in [2.45, 2.75) is 19.8 Å². The van der Waals surface area contributed by atoms with Gasteiger partial charge >= 0.3 is 0 Å². The van der Waals surface area contributed by atoms with Crippen LogP contribution in [-0.2, 0) is 0 Å². The van der Waals surface area contributed by atoms with Crippen molar-refractivity contribution in [1.82, 2.24) is 9.88 Å². The summed E-state index contributed by atoms with van der Waals surface area (Å²) in [5, 5.41) is 12.2.